The number of rotatable bonds is 3. The van der Waals surface area contributed by atoms with E-state index in [4.69, 9.17) is 5.11 Å². The van der Waals surface area contributed by atoms with Crippen LogP contribution in [0.15, 0.2) is 18.2 Å². The first kappa shape index (κ1) is 13.3. The molecule has 1 heterocycles. The molecule has 1 aliphatic heterocycles. The summed E-state index contributed by atoms with van der Waals surface area (Å²) in [6.07, 6.45) is 0.365. The van der Waals surface area contributed by atoms with E-state index in [1.807, 2.05) is 0 Å². The molecule has 1 saturated heterocycles. The van der Waals surface area contributed by atoms with E-state index in [1.54, 1.807) is 0 Å². The SMILES string of the molecule is O=C(O)c1ccc([N+](=O)[O-])cc1N1CCCS1(=O)=O. The summed E-state index contributed by atoms with van der Waals surface area (Å²) >= 11 is 0. The van der Waals surface area contributed by atoms with Gasteiger partial charge in [0.05, 0.1) is 21.9 Å². The van der Waals surface area contributed by atoms with Gasteiger partial charge in [0.25, 0.3) is 5.69 Å². The first-order valence-electron chi connectivity index (χ1n) is 5.35. The third-order valence-electron chi connectivity index (χ3n) is 2.79. The van der Waals surface area contributed by atoms with Crippen LogP contribution in [0.3, 0.4) is 0 Å². The second-order valence-electron chi connectivity index (χ2n) is 4.01. The topological polar surface area (TPSA) is 118 Å². The Morgan fingerprint density at radius 3 is 2.58 bits per heavy atom. The lowest BCUT2D eigenvalue weighted by Crippen LogP contribution is -2.27. The molecule has 1 fully saturated rings. The molecule has 0 unspecified atom stereocenters. The van der Waals surface area contributed by atoms with Gasteiger partial charge in [-0.05, 0) is 12.5 Å². The van der Waals surface area contributed by atoms with Gasteiger partial charge in [-0.1, -0.05) is 0 Å². The number of nitro groups is 1. The Labute approximate surface area is 108 Å². The lowest BCUT2D eigenvalue weighted by molar-refractivity contribution is -0.384. The Balaban J connectivity index is 2.62. The molecule has 0 spiro atoms. The van der Waals surface area contributed by atoms with Crippen molar-refractivity contribution in [1.82, 2.24) is 0 Å². The van der Waals surface area contributed by atoms with E-state index < -0.39 is 20.9 Å². The third kappa shape index (κ3) is 2.36. The third-order valence-corrected chi connectivity index (χ3v) is 4.65. The molecule has 0 amide bonds. The fraction of sp³-hybridized carbons (Fsp3) is 0.300. The molecule has 19 heavy (non-hydrogen) atoms. The van der Waals surface area contributed by atoms with Crippen LogP contribution in [-0.2, 0) is 10.0 Å². The number of benzene rings is 1. The first-order valence-corrected chi connectivity index (χ1v) is 6.96. The molecule has 2 rings (SSSR count). The maximum Gasteiger partial charge on any atom is 0.337 e. The predicted octanol–water partition coefficient (Wildman–Crippen LogP) is 0.833. The highest BCUT2D eigenvalue weighted by atomic mass is 32.2. The molecule has 102 valence electrons. The summed E-state index contributed by atoms with van der Waals surface area (Å²) in [5.74, 6) is -1.42. The molecule has 0 aliphatic carbocycles. The van der Waals surface area contributed by atoms with E-state index in [9.17, 15) is 23.3 Å². The maximum absolute atomic E-state index is 11.8. The fourth-order valence-corrected chi connectivity index (χ4v) is 3.50. The first-order chi connectivity index (χ1) is 8.83. The van der Waals surface area contributed by atoms with Crippen LogP contribution in [0.25, 0.3) is 0 Å². The zero-order valence-corrected chi connectivity index (χ0v) is 10.5. The minimum absolute atomic E-state index is 0.0885. The van der Waals surface area contributed by atoms with Crippen LogP contribution in [0.1, 0.15) is 16.8 Å². The van der Waals surface area contributed by atoms with E-state index in [0.717, 1.165) is 22.5 Å². The van der Waals surface area contributed by atoms with Crippen molar-refractivity contribution in [1.29, 1.82) is 0 Å². The van der Waals surface area contributed by atoms with Crippen molar-refractivity contribution in [2.24, 2.45) is 0 Å². The minimum Gasteiger partial charge on any atom is -0.478 e. The Morgan fingerprint density at radius 2 is 2.11 bits per heavy atom. The number of nitrogens with zero attached hydrogens (tertiary/aromatic N) is 2. The summed E-state index contributed by atoms with van der Waals surface area (Å²) in [7, 11) is -3.59. The van der Waals surface area contributed by atoms with Crippen molar-refractivity contribution < 1.29 is 23.2 Å². The van der Waals surface area contributed by atoms with Gasteiger partial charge in [0, 0.05) is 18.7 Å². The van der Waals surface area contributed by atoms with Crippen LogP contribution in [-0.4, -0.2) is 36.7 Å². The summed E-state index contributed by atoms with van der Waals surface area (Å²) in [4.78, 5) is 21.1. The number of carboxylic acid groups (broad SMARTS) is 1. The summed E-state index contributed by atoms with van der Waals surface area (Å²) in [5, 5.41) is 19.7. The van der Waals surface area contributed by atoms with Crippen LogP contribution in [0.2, 0.25) is 0 Å². The number of carbonyl (C=O) groups is 1. The van der Waals surface area contributed by atoms with Crippen LogP contribution in [0.5, 0.6) is 0 Å². The number of hydrogen-bond donors (Lipinski definition) is 1. The van der Waals surface area contributed by atoms with E-state index in [-0.39, 0.29) is 29.2 Å². The maximum atomic E-state index is 11.8. The average Bonchev–Trinajstić information content (AvgIpc) is 2.67. The molecular formula is C10H10N2O6S. The van der Waals surface area contributed by atoms with Gasteiger partial charge in [-0.15, -0.1) is 0 Å². The molecule has 9 heteroatoms. The Hall–Kier alpha value is -2.16. The smallest absolute Gasteiger partial charge is 0.337 e. The average molecular weight is 286 g/mol. The highest BCUT2D eigenvalue weighted by Gasteiger charge is 2.32. The lowest BCUT2D eigenvalue weighted by atomic mass is 10.1. The fourth-order valence-electron chi connectivity index (χ4n) is 1.93. The van der Waals surface area contributed by atoms with E-state index >= 15 is 0 Å². The summed E-state index contributed by atoms with van der Waals surface area (Å²) in [6.45, 7) is 0.129. The Kier molecular flexibility index (Phi) is 3.14. The standard InChI is InChI=1S/C10H10N2O6S/c13-10(14)8-3-2-7(12(15)16)6-9(8)11-4-1-5-19(11,17)18/h2-3,6H,1,4-5H2,(H,13,14). The van der Waals surface area contributed by atoms with Crippen molar-refractivity contribution in [2.45, 2.75) is 6.42 Å². The molecule has 8 nitrogen and oxygen atoms in total. The molecule has 0 radical (unpaired) electrons. The van der Waals surface area contributed by atoms with Gasteiger partial charge < -0.3 is 5.11 Å². The lowest BCUT2D eigenvalue weighted by Gasteiger charge is -2.18. The van der Waals surface area contributed by atoms with Crippen molar-refractivity contribution in [3.8, 4) is 0 Å². The highest BCUT2D eigenvalue weighted by molar-refractivity contribution is 7.93. The number of anilines is 1. The van der Waals surface area contributed by atoms with Crippen LogP contribution >= 0.6 is 0 Å². The zero-order valence-electron chi connectivity index (χ0n) is 9.64. The number of aromatic carboxylic acids is 1. The number of nitro benzene ring substituents is 1. The van der Waals surface area contributed by atoms with Crippen LogP contribution < -0.4 is 4.31 Å². The quantitative estimate of drug-likeness (QED) is 0.649. The van der Waals surface area contributed by atoms with Crippen molar-refractivity contribution in [3.63, 3.8) is 0 Å². The molecule has 1 aromatic carbocycles. The van der Waals surface area contributed by atoms with Crippen LogP contribution in [0, 0.1) is 10.1 Å². The number of hydrogen-bond acceptors (Lipinski definition) is 5. The number of carboxylic acids is 1. The largest absolute Gasteiger partial charge is 0.478 e. The van der Waals surface area contributed by atoms with E-state index in [0.29, 0.717) is 6.42 Å². The molecule has 1 N–H and O–H groups in total. The molecular weight excluding hydrogens is 276 g/mol. The van der Waals surface area contributed by atoms with E-state index in [2.05, 4.69) is 0 Å². The van der Waals surface area contributed by atoms with E-state index in [1.165, 1.54) is 0 Å². The molecule has 0 aromatic heterocycles. The monoisotopic (exact) mass is 286 g/mol. The Morgan fingerprint density at radius 1 is 1.42 bits per heavy atom. The van der Waals surface area contributed by atoms with Crippen molar-refractivity contribution in [3.05, 3.63) is 33.9 Å². The predicted molar refractivity (Wildman–Crippen MR) is 65.8 cm³/mol. The highest BCUT2D eigenvalue weighted by Crippen LogP contribution is 2.31. The molecule has 0 bridgehead atoms. The van der Waals surface area contributed by atoms with Gasteiger partial charge in [-0.2, -0.15) is 0 Å². The van der Waals surface area contributed by atoms with Gasteiger partial charge >= 0.3 is 5.97 Å². The molecule has 0 saturated carbocycles. The summed E-state index contributed by atoms with van der Waals surface area (Å²) in [6, 6.07) is 3.06. The minimum atomic E-state index is -3.59. The second-order valence-corrected chi connectivity index (χ2v) is 6.02. The number of sulfonamides is 1. The van der Waals surface area contributed by atoms with Crippen molar-refractivity contribution >= 4 is 27.4 Å². The summed E-state index contributed by atoms with van der Waals surface area (Å²) in [5.41, 5.74) is -0.766. The van der Waals surface area contributed by atoms with Gasteiger partial charge in [-0.3, -0.25) is 14.4 Å². The van der Waals surface area contributed by atoms with Gasteiger partial charge in [0.1, 0.15) is 0 Å². The Bertz CT molecular complexity index is 654. The normalized spacial score (nSPS) is 17.4. The molecule has 1 aromatic rings. The molecule has 0 atom stereocenters. The van der Waals surface area contributed by atoms with Crippen molar-refractivity contribution in [2.75, 3.05) is 16.6 Å². The van der Waals surface area contributed by atoms with Gasteiger partial charge in [-0.25, -0.2) is 13.2 Å². The second kappa shape index (κ2) is 4.50. The van der Waals surface area contributed by atoms with Gasteiger partial charge in [0.2, 0.25) is 10.0 Å². The van der Waals surface area contributed by atoms with Crippen LogP contribution in [0.4, 0.5) is 11.4 Å². The molecule has 1 aliphatic rings. The van der Waals surface area contributed by atoms with Gasteiger partial charge in [0.15, 0.2) is 0 Å². The summed E-state index contributed by atoms with van der Waals surface area (Å²) < 4.78 is 24.5. The number of non-ortho nitro benzene ring substituents is 1. The zero-order chi connectivity index (χ0) is 14.2.